The largest absolute Gasteiger partial charge is 0.294 e. The lowest BCUT2D eigenvalue weighted by atomic mass is 9.90. The molecular weight excluding hydrogens is 220 g/mol. The minimum absolute atomic E-state index is 0.275. The van der Waals surface area contributed by atoms with Gasteiger partial charge in [0.25, 0.3) is 0 Å². The minimum Gasteiger partial charge on any atom is -0.294 e. The summed E-state index contributed by atoms with van der Waals surface area (Å²) in [6, 6.07) is 8.24. The van der Waals surface area contributed by atoms with E-state index in [2.05, 4.69) is 26.0 Å². The van der Waals surface area contributed by atoms with Crippen molar-refractivity contribution in [1.82, 2.24) is 0 Å². The smallest absolute Gasteiger partial charge is 0.165 e. The summed E-state index contributed by atoms with van der Waals surface area (Å²) >= 11 is 0. The summed E-state index contributed by atoms with van der Waals surface area (Å²) in [7, 11) is 0. The molecule has 0 unspecified atom stereocenters. The van der Waals surface area contributed by atoms with Crippen LogP contribution in [0.2, 0.25) is 0 Å². The quantitative estimate of drug-likeness (QED) is 0.542. The van der Waals surface area contributed by atoms with Crippen LogP contribution in [0.4, 0.5) is 0 Å². The van der Waals surface area contributed by atoms with E-state index < -0.39 is 0 Å². The topological polar surface area (TPSA) is 17.1 Å². The monoisotopic (exact) mass is 244 g/mol. The van der Waals surface area contributed by atoms with Gasteiger partial charge in [-0.15, -0.1) is 0 Å². The number of carbonyl (C=O) groups excluding carboxylic acids is 1. The van der Waals surface area contributed by atoms with Gasteiger partial charge in [0, 0.05) is 11.5 Å². The first-order valence-corrected chi connectivity index (χ1v) is 7.32. The molecule has 0 heterocycles. The van der Waals surface area contributed by atoms with Crippen molar-refractivity contribution in [3.63, 3.8) is 0 Å². The molecule has 1 aromatic rings. The van der Waals surface area contributed by atoms with Crippen molar-refractivity contribution < 1.29 is 4.79 Å². The van der Waals surface area contributed by atoms with Crippen molar-refractivity contribution in [2.45, 2.75) is 58.3 Å². The molecule has 0 atom stereocenters. The molecule has 98 valence electrons. The van der Waals surface area contributed by atoms with Gasteiger partial charge in [-0.05, 0) is 24.3 Å². The average Bonchev–Trinajstić information content (AvgIpc) is 2.67. The van der Waals surface area contributed by atoms with E-state index in [1.807, 2.05) is 12.1 Å². The number of Topliss-reactive ketones (excluding diaryl/α,β-unsaturated/α-hetero) is 1. The Balaban J connectivity index is 2.07. The molecule has 0 amide bonds. The first-order valence-electron chi connectivity index (χ1n) is 7.32. The van der Waals surface area contributed by atoms with E-state index in [4.69, 9.17) is 0 Å². The maximum absolute atomic E-state index is 12.4. The van der Waals surface area contributed by atoms with Gasteiger partial charge in [-0.3, -0.25) is 4.79 Å². The van der Waals surface area contributed by atoms with E-state index in [1.165, 1.54) is 31.2 Å². The molecule has 1 aliphatic carbocycles. The fourth-order valence-electron chi connectivity index (χ4n) is 2.81. The Labute approximate surface area is 111 Å². The van der Waals surface area contributed by atoms with Crippen LogP contribution < -0.4 is 0 Å². The molecule has 1 saturated carbocycles. The standard InChI is InChI=1S/C17H24O/c1-13(2)14-9-11-16(12-10-14)17(18)15-7-5-3-4-6-8-15/h9-13,15H,3-8H2,1-2H3. The lowest BCUT2D eigenvalue weighted by molar-refractivity contribution is 0.0908. The van der Waals surface area contributed by atoms with Crippen LogP contribution in [0.25, 0.3) is 0 Å². The minimum atomic E-state index is 0.275. The number of rotatable bonds is 3. The molecule has 0 saturated heterocycles. The second-order valence-corrected chi connectivity index (χ2v) is 5.83. The van der Waals surface area contributed by atoms with E-state index in [0.717, 1.165) is 18.4 Å². The zero-order valence-electron chi connectivity index (χ0n) is 11.6. The van der Waals surface area contributed by atoms with Gasteiger partial charge in [-0.25, -0.2) is 0 Å². The highest BCUT2D eigenvalue weighted by atomic mass is 16.1. The van der Waals surface area contributed by atoms with E-state index in [-0.39, 0.29) is 5.92 Å². The van der Waals surface area contributed by atoms with Gasteiger partial charge in [0.15, 0.2) is 5.78 Å². The summed E-state index contributed by atoms with van der Waals surface area (Å²) in [5, 5.41) is 0. The maximum atomic E-state index is 12.4. The lowest BCUT2D eigenvalue weighted by Crippen LogP contribution is -2.14. The second kappa shape index (κ2) is 6.17. The fraction of sp³-hybridized carbons (Fsp3) is 0.588. The van der Waals surface area contributed by atoms with Gasteiger partial charge in [0.1, 0.15) is 0 Å². The molecule has 0 radical (unpaired) electrons. The summed E-state index contributed by atoms with van der Waals surface area (Å²) in [6.07, 6.45) is 7.22. The molecule has 0 N–H and O–H groups in total. The normalized spacial score (nSPS) is 17.7. The number of benzene rings is 1. The fourth-order valence-corrected chi connectivity index (χ4v) is 2.81. The highest BCUT2D eigenvalue weighted by Crippen LogP contribution is 2.26. The molecule has 1 aliphatic rings. The van der Waals surface area contributed by atoms with E-state index in [1.54, 1.807) is 0 Å². The molecule has 1 nitrogen and oxygen atoms in total. The van der Waals surface area contributed by atoms with Crippen LogP contribution in [0.3, 0.4) is 0 Å². The van der Waals surface area contributed by atoms with Crippen molar-refractivity contribution in [2.24, 2.45) is 5.92 Å². The van der Waals surface area contributed by atoms with Crippen LogP contribution in [-0.2, 0) is 0 Å². The Bertz CT molecular complexity index is 381. The van der Waals surface area contributed by atoms with Crippen molar-refractivity contribution in [2.75, 3.05) is 0 Å². The van der Waals surface area contributed by atoms with Crippen LogP contribution >= 0.6 is 0 Å². The van der Waals surface area contributed by atoms with Gasteiger partial charge in [0.05, 0.1) is 0 Å². The van der Waals surface area contributed by atoms with E-state index in [9.17, 15) is 4.79 Å². The third kappa shape index (κ3) is 3.22. The predicted octanol–water partition coefficient (Wildman–Crippen LogP) is 4.96. The van der Waals surface area contributed by atoms with Crippen LogP contribution in [0.15, 0.2) is 24.3 Å². The van der Waals surface area contributed by atoms with Gasteiger partial charge in [-0.2, -0.15) is 0 Å². The van der Waals surface area contributed by atoms with E-state index >= 15 is 0 Å². The second-order valence-electron chi connectivity index (χ2n) is 5.83. The van der Waals surface area contributed by atoms with Crippen LogP contribution in [-0.4, -0.2) is 5.78 Å². The molecule has 1 fully saturated rings. The van der Waals surface area contributed by atoms with Gasteiger partial charge in [0.2, 0.25) is 0 Å². The van der Waals surface area contributed by atoms with Crippen LogP contribution in [0.1, 0.15) is 74.2 Å². The third-order valence-corrected chi connectivity index (χ3v) is 4.09. The summed E-state index contributed by atoms with van der Waals surface area (Å²) < 4.78 is 0. The van der Waals surface area contributed by atoms with Crippen molar-refractivity contribution in [3.8, 4) is 0 Å². The Morgan fingerprint density at radius 3 is 2.06 bits per heavy atom. The average molecular weight is 244 g/mol. The van der Waals surface area contributed by atoms with Gasteiger partial charge >= 0.3 is 0 Å². The Hall–Kier alpha value is -1.11. The molecule has 18 heavy (non-hydrogen) atoms. The zero-order chi connectivity index (χ0) is 13.0. The summed E-state index contributed by atoms with van der Waals surface area (Å²) in [4.78, 5) is 12.4. The number of hydrogen-bond donors (Lipinski definition) is 0. The lowest BCUT2D eigenvalue weighted by Gasteiger charge is -2.13. The highest BCUT2D eigenvalue weighted by Gasteiger charge is 2.21. The van der Waals surface area contributed by atoms with E-state index in [0.29, 0.717) is 11.7 Å². The summed E-state index contributed by atoms with van der Waals surface area (Å²) in [5.41, 5.74) is 2.22. The van der Waals surface area contributed by atoms with Crippen molar-refractivity contribution in [1.29, 1.82) is 0 Å². The predicted molar refractivity (Wildman–Crippen MR) is 76.1 cm³/mol. The molecule has 2 rings (SSSR count). The van der Waals surface area contributed by atoms with Crippen LogP contribution in [0, 0.1) is 5.92 Å². The van der Waals surface area contributed by atoms with Gasteiger partial charge < -0.3 is 0 Å². The number of hydrogen-bond acceptors (Lipinski definition) is 1. The number of ketones is 1. The first-order chi connectivity index (χ1) is 8.68. The Kier molecular flexibility index (Phi) is 4.57. The Morgan fingerprint density at radius 2 is 1.56 bits per heavy atom. The first kappa shape index (κ1) is 13.3. The molecular formula is C17H24O. The molecule has 1 heteroatoms. The zero-order valence-corrected chi connectivity index (χ0v) is 11.6. The maximum Gasteiger partial charge on any atom is 0.165 e. The van der Waals surface area contributed by atoms with Crippen molar-refractivity contribution in [3.05, 3.63) is 35.4 Å². The molecule has 1 aromatic carbocycles. The summed E-state index contributed by atoms with van der Waals surface area (Å²) in [5.74, 6) is 1.18. The molecule has 0 bridgehead atoms. The molecule has 0 aliphatic heterocycles. The number of carbonyl (C=O) groups is 1. The molecule has 0 aromatic heterocycles. The Morgan fingerprint density at radius 1 is 1.00 bits per heavy atom. The SMILES string of the molecule is CC(C)c1ccc(C(=O)C2CCCCCC2)cc1. The van der Waals surface area contributed by atoms with Gasteiger partial charge in [-0.1, -0.05) is 63.8 Å². The third-order valence-electron chi connectivity index (χ3n) is 4.09. The van der Waals surface area contributed by atoms with Crippen molar-refractivity contribution >= 4 is 5.78 Å². The molecule has 0 spiro atoms. The summed E-state index contributed by atoms with van der Waals surface area (Å²) in [6.45, 7) is 4.37. The highest BCUT2D eigenvalue weighted by molar-refractivity contribution is 5.97. The van der Waals surface area contributed by atoms with Crippen LogP contribution in [0.5, 0.6) is 0 Å².